The summed E-state index contributed by atoms with van der Waals surface area (Å²) in [6.45, 7) is 5.16. The summed E-state index contributed by atoms with van der Waals surface area (Å²) in [7, 11) is 0. The van der Waals surface area contributed by atoms with E-state index in [4.69, 9.17) is 0 Å². The Labute approximate surface area is 124 Å². The van der Waals surface area contributed by atoms with Crippen molar-refractivity contribution in [3.63, 3.8) is 0 Å². The van der Waals surface area contributed by atoms with Gasteiger partial charge in [0.1, 0.15) is 6.04 Å². The second-order valence-electron chi connectivity index (χ2n) is 5.54. The SMILES string of the molecule is CC(C)CNC(=O)CNC(=O)C1CNc2ccccc2N1. The first-order valence-corrected chi connectivity index (χ1v) is 7.20. The molecule has 1 aromatic carbocycles. The molecule has 21 heavy (non-hydrogen) atoms. The molecule has 0 saturated heterocycles. The maximum Gasteiger partial charge on any atom is 0.244 e. The van der Waals surface area contributed by atoms with Crippen LogP contribution in [0.15, 0.2) is 24.3 Å². The molecule has 1 aliphatic heterocycles. The highest BCUT2D eigenvalue weighted by atomic mass is 16.2. The van der Waals surface area contributed by atoms with Gasteiger partial charge in [-0.05, 0) is 18.1 Å². The predicted octanol–water partition coefficient (Wildman–Crippen LogP) is 0.781. The Bertz CT molecular complexity index is 516. The van der Waals surface area contributed by atoms with E-state index in [0.29, 0.717) is 19.0 Å². The molecule has 0 spiro atoms. The molecule has 0 fully saturated rings. The molecule has 6 nitrogen and oxygen atoms in total. The van der Waals surface area contributed by atoms with E-state index in [-0.39, 0.29) is 24.4 Å². The van der Waals surface area contributed by atoms with E-state index in [1.807, 2.05) is 38.1 Å². The zero-order valence-corrected chi connectivity index (χ0v) is 12.4. The van der Waals surface area contributed by atoms with Crippen LogP contribution in [0.2, 0.25) is 0 Å². The van der Waals surface area contributed by atoms with Crippen molar-refractivity contribution >= 4 is 23.2 Å². The van der Waals surface area contributed by atoms with Gasteiger partial charge in [0, 0.05) is 13.1 Å². The molecule has 1 heterocycles. The highest BCUT2D eigenvalue weighted by Crippen LogP contribution is 2.24. The molecule has 0 saturated carbocycles. The molecule has 1 unspecified atom stereocenters. The number of benzene rings is 1. The van der Waals surface area contributed by atoms with E-state index in [2.05, 4.69) is 21.3 Å². The second kappa shape index (κ2) is 6.97. The van der Waals surface area contributed by atoms with Gasteiger partial charge in [-0.15, -0.1) is 0 Å². The lowest BCUT2D eigenvalue weighted by Crippen LogP contribution is -2.48. The first-order chi connectivity index (χ1) is 10.1. The normalized spacial score (nSPS) is 16.4. The van der Waals surface area contributed by atoms with Gasteiger partial charge in [0.15, 0.2) is 0 Å². The minimum absolute atomic E-state index is 0.00534. The molecule has 6 heteroatoms. The van der Waals surface area contributed by atoms with Crippen molar-refractivity contribution in [3.8, 4) is 0 Å². The van der Waals surface area contributed by atoms with Crippen LogP contribution in [-0.4, -0.2) is 37.5 Å². The van der Waals surface area contributed by atoms with E-state index < -0.39 is 0 Å². The molecule has 1 atom stereocenters. The zero-order valence-electron chi connectivity index (χ0n) is 12.4. The lowest BCUT2D eigenvalue weighted by atomic mass is 10.1. The predicted molar refractivity (Wildman–Crippen MR) is 83.2 cm³/mol. The minimum atomic E-state index is -0.377. The molecule has 2 rings (SSSR count). The third-order valence-corrected chi connectivity index (χ3v) is 3.20. The smallest absolute Gasteiger partial charge is 0.244 e. The first kappa shape index (κ1) is 15.2. The van der Waals surface area contributed by atoms with E-state index in [0.717, 1.165) is 11.4 Å². The van der Waals surface area contributed by atoms with Crippen LogP contribution in [0.25, 0.3) is 0 Å². The van der Waals surface area contributed by atoms with Crippen LogP contribution >= 0.6 is 0 Å². The lowest BCUT2D eigenvalue weighted by Gasteiger charge is -2.27. The summed E-state index contributed by atoms with van der Waals surface area (Å²) in [5.74, 6) is 0.0447. The number of anilines is 2. The van der Waals surface area contributed by atoms with Crippen molar-refractivity contribution in [1.82, 2.24) is 10.6 Å². The summed E-state index contributed by atoms with van der Waals surface area (Å²) < 4.78 is 0. The Balaban J connectivity index is 1.78. The number of carbonyl (C=O) groups is 2. The highest BCUT2D eigenvalue weighted by molar-refractivity contribution is 5.91. The molecular weight excluding hydrogens is 268 g/mol. The van der Waals surface area contributed by atoms with E-state index in [1.54, 1.807) is 0 Å². The fraction of sp³-hybridized carbons (Fsp3) is 0.467. The van der Waals surface area contributed by atoms with Crippen LogP contribution in [0.3, 0.4) is 0 Å². The van der Waals surface area contributed by atoms with Gasteiger partial charge in [-0.25, -0.2) is 0 Å². The summed E-state index contributed by atoms with van der Waals surface area (Å²) in [6.07, 6.45) is 0. The number of hydrogen-bond donors (Lipinski definition) is 4. The number of rotatable bonds is 5. The largest absolute Gasteiger partial charge is 0.381 e. The number of para-hydroxylation sites is 2. The van der Waals surface area contributed by atoms with Gasteiger partial charge in [0.25, 0.3) is 0 Å². The Morgan fingerprint density at radius 2 is 1.95 bits per heavy atom. The molecular formula is C15H22N4O2. The molecule has 0 bridgehead atoms. The standard InChI is InChI=1S/C15H22N4O2/c1-10(2)7-17-14(20)9-18-15(21)13-8-16-11-5-3-4-6-12(11)19-13/h3-6,10,13,16,19H,7-9H2,1-2H3,(H,17,20)(H,18,21). The van der Waals surface area contributed by atoms with Crippen molar-refractivity contribution in [3.05, 3.63) is 24.3 Å². The maximum atomic E-state index is 12.1. The fourth-order valence-electron chi connectivity index (χ4n) is 2.04. The van der Waals surface area contributed by atoms with E-state index in [1.165, 1.54) is 0 Å². The third kappa shape index (κ3) is 4.37. The molecule has 1 aliphatic rings. The average Bonchev–Trinajstić information content (AvgIpc) is 2.50. The van der Waals surface area contributed by atoms with Crippen LogP contribution in [0.1, 0.15) is 13.8 Å². The summed E-state index contributed by atoms with van der Waals surface area (Å²) in [6, 6.07) is 7.34. The molecule has 114 valence electrons. The van der Waals surface area contributed by atoms with Crippen molar-refractivity contribution in [2.45, 2.75) is 19.9 Å². The van der Waals surface area contributed by atoms with Crippen molar-refractivity contribution in [2.24, 2.45) is 5.92 Å². The summed E-state index contributed by atoms with van der Waals surface area (Å²) >= 11 is 0. The Kier molecular flexibility index (Phi) is 5.03. The topological polar surface area (TPSA) is 82.3 Å². The van der Waals surface area contributed by atoms with Crippen LogP contribution in [0, 0.1) is 5.92 Å². The lowest BCUT2D eigenvalue weighted by molar-refractivity contribution is -0.126. The van der Waals surface area contributed by atoms with Gasteiger partial charge >= 0.3 is 0 Å². The van der Waals surface area contributed by atoms with Gasteiger partial charge in [0.2, 0.25) is 11.8 Å². The van der Waals surface area contributed by atoms with Gasteiger partial charge < -0.3 is 21.3 Å². The van der Waals surface area contributed by atoms with Crippen molar-refractivity contribution in [1.29, 1.82) is 0 Å². The van der Waals surface area contributed by atoms with Crippen molar-refractivity contribution < 1.29 is 9.59 Å². The van der Waals surface area contributed by atoms with E-state index in [9.17, 15) is 9.59 Å². The van der Waals surface area contributed by atoms with Gasteiger partial charge in [-0.2, -0.15) is 0 Å². The maximum absolute atomic E-state index is 12.1. The number of hydrogen-bond acceptors (Lipinski definition) is 4. The Morgan fingerprint density at radius 1 is 1.24 bits per heavy atom. The minimum Gasteiger partial charge on any atom is -0.381 e. The molecule has 1 aromatic rings. The third-order valence-electron chi connectivity index (χ3n) is 3.20. The fourth-order valence-corrected chi connectivity index (χ4v) is 2.04. The van der Waals surface area contributed by atoms with Crippen LogP contribution in [0.4, 0.5) is 11.4 Å². The van der Waals surface area contributed by atoms with Crippen LogP contribution in [0.5, 0.6) is 0 Å². The van der Waals surface area contributed by atoms with Gasteiger partial charge in [0.05, 0.1) is 17.9 Å². The second-order valence-corrected chi connectivity index (χ2v) is 5.54. The summed E-state index contributed by atoms with van der Waals surface area (Å²) in [4.78, 5) is 23.6. The van der Waals surface area contributed by atoms with Gasteiger partial charge in [-0.3, -0.25) is 9.59 Å². The number of fused-ring (bicyclic) bond motifs is 1. The number of amides is 2. The highest BCUT2D eigenvalue weighted by Gasteiger charge is 2.23. The average molecular weight is 290 g/mol. The molecule has 4 N–H and O–H groups in total. The number of nitrogens with one attached hydrogen (secondary N) is 4. The van der Waals surface area contributed by atoms with E-state index >= 15 is 0 Å². The zero-order chi connectivity index (χ0) is 15.2. The first-order valence-electron chi connectivity index (χ1n) is 7.20. The molecule has 0 aromatic heterocycles. The molecule has 2 amide bonds. The monoisotopic (exact) mass is 290 g/mol. The molecule has 0 aliphatic carbocycles. The summed E-state index contributed by atoms with van der Waals surface area (Å²) in [5, 5.41) is 11.8. The number of carbonyl (C=O) groups excluding carboxylic acids is 2. The molecule has 0 radical (unpaired) electrons. The quantitative estimate of drug-likeness (QED) is 0.646. The van der Waals surface area contributed by atoms with Crippen LogP contribution < -0.4 is 21.3 Å². The Morgan fingerprint density at radius 3 is 2.67 bits per heavy atom. The van der Waals surface area contributed by atoms with Crippen LogP contribution in [-0.2, 0) is 9.59 Å². The van der Waals surface area contributed by atoms with Crippen molar-refractivity contribution in [2.75, 3.05) is 30.3 Å². The Hall–Kier alpha value is -2.24. The van der Waals surface area contributed by atoms with Gasteiger partial charge in [-0.1, -0.05) is 26.0 Å². The summed E-state index contributed by atoms with van der Waals surface area (Å²) in [5.41, 5.74) is 1.88.